The number of carbonyl (C=O) groups excluding carboxylic acids is 1. The lowest BCUT2D eigenvalue weighted by Crippen LogP contribution is -2.39. The van der Waals surface area contributed by atoms with E-state index in [0.717, 1.165) is 23.0 Å². The summed E-state index contributed by atoms with van der Waals surface area (Å²) in [6.07, 6.45) is 1.47. The van der Waals surface area contributed by atoms with Gasteiger partial charge in [-0.3, -0.25) is 4.79 Å². The van der Waals surface area contributed by atoms with Crippen molar-refractivity contribution < 1.29 is 4.79 Å². The minimum Gasteiger partial charge on any atom is -0.354 e. The Morgan fingerprint density at radius 2 is 1.91 bits per heavy atom. The molecule has 0 saturated carbocycles. The fourth-order valence-corrected chi connectivity index (χ4v) is 3.11. The molecule has 0 fully saturated rings. The van der Waals surface area contributed by atoms with Gasteiger partial charge in [0.2, 0.25) is 5.91 Å². The third kappa shape index (κ3) is 4.80. The maximum Gasteiger partial charge on any atom is 0.224 e. The van der Waals surface area contributed by atoms with Crippen LogP contribution in [0.4, 0.5) is 0 Å². The summed E-state index contributed by atoms with van der Waals surface area (Å²) in [5, 5.41) is 6.52. The number of fused-ring (bicyclic) bond motifs is 1. The standard InChI is InChI=1S/C18H19BrN2O.ClH/c19-15-7-5-13(6-8-15)11-18(22)21-12-17-16-4-2-1-3-14(16)9-10-20-17;/h1-8,17,20H,9-12H2,(H,21,22);1H. The van der Waals surface area contributed by atoms with Crippen LogP contribution in [0.25, 0.3) is 0 Å². The third-order valence-electron chi connectivity index (χ3n) is 4.00. The largest absolute Gasteiger partial charge is 0.354 e. The molecule has 2 aromatic carbocycles. The van der Waals surface area contributed by atoms with Gasteiger partial charge in [-0.2, -0.15) is 0 Å². The zero-order valence-electron chi connectivity index (χ0n) is 12.7. The summed E-state index contributed by atoms with van der Waals surface area (Å²) in [5.74, 6) is 0.0622. The SMILES string of the molecule is Cl.O=C(Cc1ccc(Br)cc1)NCC1NCCc2ccccc21. The van der Waals surface area contributed by atoms with E-state index in [0.29, 0.717) is 13.0 Å². The summed E-state index contributed by atoms with van der Waals surface area (Å²) in [5.41, 5.74) is 3.71. The van der Waals surface area contributed by atoms with E-state index in [2.05, 4.69) is 50.8 Å². The van der Waals surface area contributed by atoms with Gasteiger partial charge in [-0.1, -0.05) is 52.3 Å². The van der Waals surface area contributed by atoms with Crippen LogP contribution in [0.3, 0.4) is 0 Å². The van der Waals surface area contributed by atoms with Gasteiger partial charge in [0.1, 0.15) is 0 Å². The lowest BCUT2D eigenvalue weighted by atomic mass is 9.94. The Bertz CT molecular complexity index is 660. The van der Waals surface area contributed by atoms with E-state index >= 15 is 0 Å². The molecule has 3 nitrogen and oxygen atoms in total. The second kappa shape index (κ2) is 8.48. The molecule has 0 saturated heterocycles. The van der Waals surface area contributed by atoms with Gasteiger partial charge < -0.3 is 10.6 Å². The van der Waals surface area contributed by atoms with Crippen LogP contribution in [0.2, 0.25) is 0 Å². The van der Waals surface area contributed by atoms with Crippen LogP contribution in [0.1, 0.15) is 22.7 Å². The van der Waals surface area contributed by atoms with Gasteiger partial charge in [0.15, 0.2) is 0 Å². The maximum absolute atomic E-state index is 12.1. The van der Waals surface area contributed by atoms with Crippen LogP contribution in [0, 0.1) is 0 Å². The minimum atomic E-state index is 0. The van der Waals surface area contributed by atoms with Gasteiger partial charge in [0, 0.05) is 17.1 Å². The predicted molar refractivity (Wildman–Crippen MR) is 99.0 cm³/mol. The Labute approximate surface area is 151 Å². The summed E-state index contributed by atoms with van der Waals surface area (Å²) in [6.45, 7) is 1.59. The quantitative estimate of drug-likeness (QED) is 0.833. The Balaban J connectivity index is 0.00000192. The fourth-order valence-electron chi connectivity index (χ4n) is 2.84. The van der Waals surface area contributed by atoms with Crippen molar-refractivity contribution in [2.24, 2.45) is 0 Å². The highest BCUT2D eigenvalue weighted by Crippen LogP contribution is 2.21. The average Bonchev–Trinajstić information content (AvgIpc) is 2.55. The van der Waals surface area contributed by atoms with E-state index in [9.17, 15) is 4.79 Å². The highest BCUT2D eigenvalue weighted by molar-refractivity contribution is 9.10. The molecule has 23 heavy (non-hydrogen) atoms. The Morgan fingerprint density at radius 3 is 2.70 bits per heavy atom. The van der Waals surface area contributed by atoms with E-state index in [4.69, 9.17) is 0 Å². The number of carbonyl (C=O) groups is 1. The number of rotatable bonds is 4. The fraction of sp³-hybridized carbons (Fsp3) is 0.278. The zero-order valence-corrected chi connectivity index (χ0v) is 15.1. The molecule has 1 unspecified atom stereocenters. The number of halogens is 2. The van der Waals surface area contributed by atoms with Gasteiger partial charge in [-0.25, -0.2) is 0 Å². The highest BCUT2D eigenvalue weighted by atomic mass is 79.9. The summed E-state index contributed by atoms with van der Waals surface area (Å²) < 4.78 is 1.03. The molecule has 1 aliphatic heterocycles. The Morgan fingerprint density at radius 1 is 1.17 bits per heavy atom. The van der Waals surface area contributed by atoms with E-state index in [1.165, 1.54) is 11.1 Å². The number of hydrogen-bond acceptors (Lipinski definition) is 2. The first kappa shape index (κ1) is 18.0. The molecule has 2 aromatic rings. The number of amides is 1. The lowest BCUT2D eigenvalue weighted by molar-refractivity contribution is -0.120. The molecular weight excluding hydrogens is 376 g/mol. The van der Waals surface area contributed by atoms with Crippen LogP contribution in [0.5, 0.6) is 0 Å². The van der Waals surface area contributed by atoms with E-state index in [-0.39, 0.29) is 24.4 Å². The normalized spacial score (nSPS) is 16.1. The van der Waals surface area contributed by atoms with Gasteiger partial charge >= 0.3 is 0 Å². The first-order valence-corrected chi connectivity index (χ1v) is 8.34. The molecule has 1 atom stereocenters. The molecule has 0 radical (unpaired) electrons. The molecule has 3 rings (SSSR count). The monoisotopic (exact) mass is 394 g/mol. The Hall–Kier alpha value is -1.36. The lowest BCUT2D eigenvalue weighted by Gasteiger charge is -2.27. The maximum atomic E-state index is 12.1. The average molecular weight is 396 g/mol. The van der Waals surface area contributed by atoms with Crippen LogP contribution in [-0.4, -0.2) is 19.0 Å². The van der Waals surface area contributed by atoms with Gasteiger partial charge in [-0.15, -0.1) is 12.4 Å². The summed E-state index contributed by atoms with van der Waals surface area (Å²) in [4.78, 5) is 12.1. The second-order valence-corrected chi connectivity index (χ2v) is 6.48. The molecule has 1 amide bonds. The van der Waals surface area contributed by atoms with Crippen molar-refractivity contribution in [3.05, 3.63) is 69.7 Å². The van der Waals surface area contributed by atoms with Crippen LogP contribution in [-0.2, 0) is 17.6 Å². The van der Waals surface area contributed by atoms with E-state index in [1.807, 2.05) is 24.3 Å². The zero-order chi connectivity index (χ0) is 15.4. The molecule has 1 heterocycles. The second-order valence-electron chi connectivity index (χ2n) is 5.56. The summed E-state index contributed by atoms with van der Waals surface area (Å²) in [7, 11) is 0. The van der Waals surface area contributed by atoms with Crippen molar-refractivity contribution in [2.75, 3.05) is 13.1 Å². The van der Waals surface area contributed by atoms with E-state index in [1.54, 1.807) is 0 Å². The van der Waals surface area contributed by atoms with Crippen molar-refractivity contribution in [3.63, 3.8) is 0 Å². The van der Waals surface area contributed by atoms with Gasteiger partial charge in [0.25, 0.3) is 0 Å². The number of hydrogen-bond donors (Lipinski definition) is 2. The highest BCUT2D eigenvalue weighted by Gasteiger charge is 2.19. The smallest absolute Gasteiger partial charge is 0.224 e. The molecular formula is C18H20BrClN2O. The van der Waals surface area contributed by atoms with Crippen molar-refractivity contribution in [2.45, 2.75) is 18.9 Å². The molecule has 5 heteroatoms. The van der Waals surface area contributed by atoms with Gasteiger partial charge in [-0.05, 0) is 41.8 Å². The third-order valence-corrected chi connectivity index (χ3v) is 4.53. The molecule has 1 aliphatic rings. The van der Waals surface area contributed by atoms with Crippen molar-refractivity contribution >= 4 is 34.2 Å². The first-order chi connectivity index (χ1) is 10.7. The topological polar surface area (TPSA) is 41.1 Å². The van der Waals surface area contributed by atoms with Crippen LogP contribution >= 0.6 is 28.3 Å². The molecule has 0 spiro atoms. The molecule has 2 N–H and O–H groups in total. The number of nitrogens with one attached hydrogen (secondary N) is 2. The predicted octanol–water partition coefficient (Wildman–Crippen LogP) is 3.42. The summed E-state index contributed by atoms with van der Waals surface area (Å²) >= 11 is 3.40. The van der Waals surface area contributed by atoms with Gasteiger partial charge in [0.05, 0.1) is 6.42 Å². The summed E-state index contributed by atoms with van der Waals surface area (Å²) in [6, 6.07) is 16.5. The molecule has 0 bridgehead atoms. The molecule has 0 aliphatic carbocycles. The molecule has 122 valence electrons. The van der Waals surface area contributed by atoms with Crippen LogP contribution < -0.4 is 10.6 Å². The van der Waals surface area contributed by atoms with Crippen LogP contribution in [0.15, 0.2) is 53.0 Å². The minimum absolute atomic E-state index is 0. The first-order valence-electron chi connectivity index (χ1n) is 7.55. The van der Waals surface area contributed by atoms with Crippen molar-refractivity contribution in [1.29, 1.82) is 0 Å². The number of benzene rings is 2. The van der Waals surface area contributed by atoms with Crippen molar-refractivity contribution in [1.82, 2.24) is 10.6 Å². The van der Waals surface area contributed by atoms with E-state index < -0.39 is 0 Å². The Kier molecular flexibility index (Phi) is 6.63. The van der Waals surface area contributed by atoms with Crippen molar-refractivity contribution in [3.8, 4) is 0 Å². The molecule has 0 aromatic heterocycles.